The molecule has 0 aliphatic rings. The van der Waals surface area contributed by atoms with Crippen molar-refractivity contribution >= 4 is 34.9 Å². The maximum absolute atomic E-state index is 11.0. The number of hydrogen-bond donors (Lipinski definition) is 1. The Balaban J connectivity index is 2.58. The van der Waals surface area contributed by atoms with Crippen LogP contribution < -0.4 is 5.32 Å². The van der Waals surface area contributed by atoms with Crippen LogP contribution in [0.2, 0.25) is 10.0 Å². The minimum absolute atomic E-state index is 0.296. The summed E-state index contributed by atoms with van der Waals surface area (Å²) in [6.07, 6.45) is 0. The maximum Gasteiger partial charge on any atom is 0.334 e. The van der Waals surface area contributed by atoms with E-state index in [2.05, 4.69) is 16.6 Å². The topological polar surface area (TPSA) is 38.3 Å². The standard InChI is InChI=1S/C11H11Cl2NO2/c1-7(11(15)16-2)6-14-8-3-4-9(12)10(13)5-8/h3-5,14H,1,6H2,2H3. The minimum atomic E-state index is -0.437. The van der Waals surface area contributed by atoms with Crippen molar-refractivity contribution in [3.63, 3.8) is 0 Å². The van der Waals surface area contributed by atoms with Crippen LogP contribution in [0, 0.1) is 0 Å². The Bertz CT molecular complexity index is 418. The Labute approximate surface area is 104 Å². The normalized spacial score (nSPS) is 9.69. The van der Waals surface area contributed by atoms with Gasteiger partial charge in [-0.1, -0.05) is 29.8 Å². The number of anilines is 1. The molecule has 0 unspecified atom stereocenters. The van der Waals surface area contributed by atoms with Gasteiger partial charge in [-0.05, 0) is 18.2 Å². The van der Waals surface area contributed by atoms with E-state index in [-0.39, 0.29) is 0 Å². The molecule has 0 spiro atoms. The highest BCUT2D eigenvalue weighted by Gasteiger charge is 2.06. The molecule has 1 N–H and O–H groups in total. The average molecular weight is 260 g/mol. The molecule has 0 fully saturated rings. The molecule has 0 aliphatic carbocycles. The molecule has 0 atom stereocenters. The third-order valence-electron chi connectivity index (χ3n) is 1.90. The lowest BCUT2D eigenvalue weighted by Gasteiger charge is -2.08. The number of rotatable bonds is 4. The zero-order valence-electron chi connectivity index (χ0n) is 8.72. The molecular weight excluding hydrogens is 249 g/mol. The van der Waals surface area contributed by atoms with Gasteiger partial charge in [0, 0.05) is 17.8 Å². The first-order valence-electron chi connectivity index (χ1n) is 4.49. The molecule has 16 heavy (non-hydrogen) atoms. The van der Waals surface area contributed by atoms with Crippen LogP contribution in [0.4, 0.5) is 5.69 Å². The molecule has 0 amide bonds. The number of carbonyl (C=O) groups excluding carboxylic acids is 1. The Morgan fingerprint density at radius 1 is 1.44 bits per heavy atom. The lowest BCUT2D eigenvalue weighted by atomic mass is 10.2. The maximum atomic E-state index is 11.0. The molecule has 0 aromatic heterocycles. The quantitative estimate of drug-likeness (QED) is 0.667. The Kier molecular flexibility index (Phi) is 4.65. The third kappa shape index (κ3) is 3.43. The van der Waals surface area contributed by atoms with Crippen molar-refractivity contribution in [3.05, 3.63) is 40.4 Å². The van der Waals surface area contributed by atoms with Gasteiger partial charge in [0.15, 0.2) is 0 Å². The van der Waals surface area contributed by atoms with Gasteiger partial charge in [0.25, 0.3) is 0 Å². The zero-order valence-corrected chi connectivity index (χ0v) is 10.2. The fraction of sp³-hybridized carbons (Fsp3) is 0.182. The first kappa shape index (κ1) is 12.9. The largest absolute Gasteiger partial charge is 0.466 e. The summed E-state index contributed by atoms with van der Waals surface area (Å²) < 4.78 is 4.52. The van der Waals surface area contributed by atoms with Crippen LogP contribution in [-0.2, 0) is 9.53 Å². The number of hydrogen-bond acceptors (Lipinski definition) is 3. The molecule has 0 saturated carbocycles. The highest BCUT2D eigenvalue weighted by molar-refractivity contribution is 6.42. The number of benzene rings is 1. The molecule has 1 aromatic carbocycles. The SMILES string of the molecule is C=C(CNc1ccc(Cl)c(Cl)c1)C(=O)OC. The van der Waals surface area contributed by atoms with E-state index in [0.29, 0.717) is 22.2 Å². The van der Waals surface area contributed by atoms with E-state index < -0.39 is 5.97 Å². The van der Waals surface area contributed by atoms with Gasteiger partial charge in [-0.2, -0.15) is 0 Å². The predicted octanol–water partition coefficient (Wildman–Crippen LogP) is 3.13. The van der Waals surface area contributed by atoms with Crippen LogP contribution in [0.25, 0.3) is 0 Å². The molecule has 0 heterocycles. The summed E-state index contributed by atoms with van der Waals surface area (Å²) in [5, 5.41) is 3.92. The van der Waals surface area contributed by atoms with Gasteiger partial charge in [0.1, 0.15) is 0 Å². The molecule has 0 bridgehead atoms. The van der Waals surface area contributed by atoms with Crippen molar-refractivity contribution in [1.82, 2.24) is 0 Å². The van der Waals surface area contributed by atoms with Gasteiger partial charge in [-0.25, -0.2) is 4.79 Å². The van der Waals surface area contributed by atoms with E-state index in [9.17, 15) is 4.79 Å². The first-order valence-corrected chi connectivity index (χ1v) is 5.25. The van der Waals surface area contributed by atoms with Crippen LogP contribution in [0.5, 0.6) is 0 Å². The van der Waals surface area contributed by atoms with Crippen molar-refractivity contribution in [2.24, 2.45) is 0 Å². The van der Waals surface area contributed by atoms with Crippen molar-refractivity contribution < 1.29 is 9.53 Å². The molecule has 0 aliphatic heterocycles. The molecule has 3 nitrogen and oxygen atoms in total. The van der Waals surface area contributed by atoms with Crippen molar-refractivity contribution in [2.45, 2.75) is 0 Å². The van der Waals surface area contributed by atoms with Gasteiger partial charge in [0.05, 0.1) is 17.2 Å². The Morgan fingerprint density at radius 2 is 2.12 bits per heavy atom. The van der Waals surface area contributed by atoms with Gasteiger partial charge in [-0.15, -0.1) is 0 Å². The molecule has 1 aromatic rings. The second kappa shape index (κ2) is 5.77. The summed E-state index contributed by atoms with van der Waals surface area (Å²) in [5.41, 5.74) is 1.10. The second-order valence-corrected chi connectivity index (χ2v) is 3.89. The Morgan fingerprint density at radius 3 is 2.69 bits per heavy atom. The van der Waals surface area contributed by atoms with Crippen LogP contribution in [0.3, 0.4) is 0 Å². The van der Waals surface area contributed by atoms with E-state index in [0.717, 1.165) is 5.69 Å². The number of carbonyl (C=O) groups is 1. The van der Waals surface area contributed by atoms with Gasteiger partial charge in [-0.3, -0.25) is 0 Å². The highest BCUT2D eigenvalue weighted by atomic mass is 35.5. The molecule has 5 heteroatoms. The average Bonchev–Trinajstić information content (AvgIpc) is 2.29. The summed E-state index contributed by atoms with van der Waals surface area (Å²) >= 11 is 11.6. The summed E-state index contributed by atoms with van der Waals surface area (Å²) in [6, 6.07) is 5.11. The van der Waals surface area contributed by atoms with Gasteiger partial charge < -0.3 is 10.1 Å². The predicted molar refractivity (Wildman–Crippen MR) is 66.1 cm³/mol. The van der Waals surface area contributed by atoms with Crippen LogP contribution in [-0.4, -0.2) is 19.6 Å². The number of nitrogens with one attached hydrogen (secondary N) is 1. The summed E-state index contributed by atoms with van der Waals surface area (Å²) in [6.45, 7) is 3.88. The number of esters is 1. The molecule has 0 radical (unpaired) electrons. The smallest absolute Gasteiger partial charge is 0.334 e. The fourth-order valence-corrected chi connectivity index (χ4v) is 1.33. The monoisotopic (exact) mass is 259 g/mol. The molecule has 1 rings (SSSR count). The van der Waals surface area contributed by atoms with E-state index in [1.807, 2.05) is 0 Å². The number of methoxy groups -OCH3 is 1. The fourth-order valence-electron chi connectivity index (χ4n) is 1.03. The second-order valence-electron chi connectivity index (χ2n) is 3.08. The summed E-state index contributed by atoms with van der Waals surface area (Å²) in [5.74, 6) is -0.437. The third-order valence-corrected chi connectivity index (χ3v) is 2.64. The van der Waals surface area contributed by atoms with E-state index in [1.165, 1.54) is 7.11 Å². The lowest BCUT2D eigenvalue weighted by molar-refractivity contribution is -0.136. The van der Waals surface area contributed by atoms with E-state index >= 15 is 0 Å². The van der Waals surface area contributed by atoms with Crippen molar-refractivity contribution in [2.75, 3.05) is 19.0 Å². The number of halogens is 2. The number of ether oxygens (including phenoxy) is 1. The van der Waals surface area contributed by atoms with Crippen molar-refractivity contribution in [3.8, 4) is 0 Å². The Hall–Kier alpha value is -1.19. The van der Waals surface area contributed by atoms with Crippen LogP contribution in [0.15, 0.2) is 30.4 Å². The summed E-state index contributed by atoms with van der Waals surface area (Å²) in [4.78, 5) is 11.0. The van der Waals surface area contributed by atoms with Crippen molar-refractivity contribution in [1.29, 1.82) is 0 Å². The molecular formula is C11H11Cl2NO2. The van der Waals surface area contributed by atoms with Gasteiger partial charge >= 0.3 is 5.97 Å². The minimum Gasteiger partial charge on any atom is -0.466 e. The zero-order chi connectivity index (χ0) is 12.1. The summed E-state index contributed by atoms with van der Waals surface area (Å²) in [7, 11) is 1.31. The molecule has 0 saturated heterocycles. The van der Waals surface area contributed by atoms with E-state index in [1.54, 1.807) is 18.2 Å². The molecule has 86 valence electrons. The van der Waals surface area contributed by atoms with E-state index in [4.69, 9.17) is 23.2 Å². The van der Waals surface area contributed by atoms with Crippen LogP contribution in [0.1, 0.15) is 0 Å². The van der Waals surface area contributed by atoms with Gasteiger partial charge in [0.2, 0.25) is 0 Å². The van der Waals surface area contributed by atoms with Crippen LogP contribution >= 0.6 is 23.2 Å². The lowest BCUT2D eigenvalue weighted by Crippen LogP contribution is -2.13. The highest BCUT2D eigenvalue weighted by Crippen LogP contribution is 2.24. The first-order chi connectivity index (χ1) is 7.54.